The van der Waals surface area contributed by atoms with Gasteiger partial charge in [0, 0.05) is 6.54 Å². The largest absolute Gasteiger partial charge is 0.296 e. The third-order valence-corrected chi connectivity index (χ3v) is 2.67. The van der Waals surface area contributed by atoms with Gasteiger partial charge in [-0.25, -0.2) is 8.78 Å². The average Bonchev–Trinajstić information content (AvgIpc) is 2.30. The summed E-state index contributed by atoms with van der Waals surface area (Å²) in [6.45, 7) is 7.64. The van der Waals surface area contributed by atoms with Gasteiger partial charge < -0.3 is 0 Å². The van der Waals surface area contributed by atoms with Gasteiger partial charge in [0.2, 0.25) is 0 Å². The van der Waals surface area contributed by atoms with Gasteiger partial charge in [-0.2, -0.15) is 0 Å². The van der Waals surface area contributed by atoms with Gasteiger partial charge in [-0.05, 0) is 30.7 Å². The summed E-state index contributed by atoms with van der Waals surface area (Å²) in [6, 6.07) is 2.96. The zero-order valence-electron chi connectivity index (χ0n) is 11.0. The van der Waals surface area contributed by atoms with Crippen LogP contribution in [0, 0.1) is 17.6 Å². The van der Waals surface area contributed by atoms with Crippen LogP contribution in [0.5, 0.6) is 0 Å². The average molecular weight is 255 g/mol. The highest BCUT2D eigenvalue weighted by Gasteiger charge is 2.16. The van der Waals surface area contributed by atoms with E-state index in [2.05, 4.69) is 13.8 Å². The minimum atomic E-state index is -0.665. The quantitative estimate of drug-likeness (QED) is 0.728. The SMILES string of the molecule is CCN(CC(=O)c1cc(F)ccc1F)CC(C)C. The second-order valence-corrected chi connectivity index (χ2v) is 4.77. The van der Waals surface area contributed by atoms with E-state index in [0.29, 0.717) is 12.5 Å². The molecule has 0 saturated heterocycles. The van der Waals surface area contributed by atoms with Crippen LogP contribution in [0.2, 0.25) is 0 Å². The van der Waals surface area contributed by atoms with Gasteiger partial charge in [-0.15, -0.1) is 0 Å². The van der Waals surface area contributed by atoms with Crippen molar-refractivity contribution in [2.75, 3.05) is 19.6 Å². The molecular weight excluding hydrogens is 236 g/mol. The Bertz CT molecular complexity index is 418. The zero-order valence-corrected chi connectivity index (χ0v) is 11.0. The van der Waals surface area contributed by atoms with Gasteiger partial charge >= 0.3 is 0 Å². The summed E-state index contributed by atoms with van der Waals surface area (Å²) in [5, 5.41) is 0. The highest BCUT2D eigenvalue weighted by atomic mass is 19.1. The van der Waals surface area contributed by atoms with Gasteiger partial charge in [0.1, 0.15) is 11.6 Å². The Balaban J connectivity index is 2.77. The second kappa shape index (κ2) is 6.59. The summed E-state index contributed by atoms with van der Waals surface area (Å²) in [5.41, 5.74) is -0.169. The predicted molar refractivity (Wildman–Crippen MR) is 67.6 cm³/mol. The molecule has 0 radical (unpaired) electrons. The number of benzene rings is 1. The fourth-order valence-electron chi connectivity index (χ4n) is 1.82. The molecule has 0 spiro atoms. The van der Waals surface area contributed by atoms with Crippen molar-refractivity contribution in [2.24, 2.45) is 5.92 Å². The summed E-state index contributed by atoms with van der Waals surface area (Å²) >= 11 is 0. The molecule has 0 unspecified atom stereocenters. The number of halogens is 2. The number of nitrogens with zero attached hydrogens (tertiary/aromatic N) is 1. The van der Waals surface area contributed by atoms with E-state index >= 15 is 0 Å². The molecule has 0 aliphatic carbocycles. The predicted octanol–water partition coefficient (Wildman–Crippen LogP) is 3.13. The third-order valence-electron chi connectivity index (χ3n) is 2.67. The molecule has 0 aliphatic heterocycles. The van der Waals surface area contributed by atoms with Crippen molar-refractivity contribution in [3.8, 4) is 0 Å². The Labute approximate surface area is 107 Å². The molecule has 0 N–H and O–H groups in total. The van der Waals surface area contributed by atoms with Crippen LogP contribution in [-0.2, 0) is 0 Å². The third kappa shape index (κ3) is 4.18. The number of rotatable bonds is 6. The number of Topliss-reactive ketones (excluding diaryl/α,β-unsaturated/α-hetero) is 1. The summed E-state index contributed by atoms with van der Waals surface area (Å²) in [7, 11) is 0. The maximum Gasteiger partial charge on any atom is 0.179 e. The van der Waals surface area contributed by atoms with Crippen molar-refractivity contribution >= 4 is 5.78 Å². The molecule has 0 aromatic heterocycles. The van der Waals surface area contributed by atoms with Crippen molar-refractivity contribution in [3.05, 3.63) is 35.4 Å². The Kier molecular flexibility index (Phi) is 5.41. The van der Waals surface area contributed by atoms with Crippen LogP contribution >= 0.6 is 0 Å². The van der Waals surface area contributed by atoms with Crippen molar-refractivity contribution < 1.29 is 13.6 Å². The maximum atomic E-state index is 13.4. The van der Waals surface area contributed by atoms with Gasteiger partial charge in [-0.1, -0.05) is 20.8 Å². The zero-order chi connectivity index (χ0) is 13.7. The number of hydrogen-bond donors (Lipinski definition) is 0. The molecule has 4 heteroatoms. The molecular formula is C14H19F2NO. The van der Waals surface area contributed by atoms with Crippen LogP contribution in [-0.4, -0.2) is 30.3 Å². The summed E-state index contributed by atoms with van der Waals surface area (Å²) in [4.78, 5) is 13.8. The molecule has 0 aliphatic rings. The first kappa shape index (κ1) is 14.8. The van der Waals surface area contributed by atoms with E-state index in [0.717, 1.165) is 24.7 Å². The molecule has 1 rings (SSSR count). The lowest BCUT2D eigenvalue weighted by atomic mass is 10.1. The lowest BCUT2D eigenvalue weighted by Gasteiger charge is -2.21. The number of hydrogen-bond acceptors (Lipinski definition) is 2. The van der Waals surface area contributed by atoms with E-state index in [1.54, 1.807) is 0 Å². The smallest absolute Gasteiger partial charge is 0.179 e. The van der Waals surface area contributed by atoms with Gasteiger partial charge in [0.05, 0.1) is 12.1 Å². The molecule has 18 heavy (non-hydrogen) atoms. The Morgan fingerprint density at radius 3 is 2.56 bits per heavy atom. The highest BCUT2D eigenvalue weighted by Crippen LogP contribution is 2.11. The summed E-state index contributed by atoms with van der Waals surface area (Å²) in [5.74, 6) is -1.21. The highest BCUT2D eigenvalue weighted by molar-refractivity contribution is 5.97. The fourth-order valence-corrected chi connectivity index (χ4v) is 1.82. The van der Waals surface area contributed by atoms with E-state index < -0.39 is 11.6 Å². The van der Waals surface area contributed by atoms with Crippen LogP contribution < -0.4 is 0 Å². The van der Waals surface area contributed by atoms with Crippen molar-refractivity contribution in [3.63, 3.8) is 0 Å². The Hall–Kier alpha value is -1.29. The standard InChI is InChI=1S/C14H19F2NO/c1-4-17(8-10(2)3)9-14(18)12-7-11(15)5-6-13(12)16/h5-7,10H,4,8-9H2,1-3H3. The van der Waals surface area contributed by atoms with Crippen LogP contribution in [0.15, 0.2) is 18.2 Å². The van der Waals surface area contributed by atoms with Crippen LogP contribution in [0.1, 0.15) is 31.1 Å². The van der Waals surface area contributed by atoms with Crippen molar-refractivity contribution in [2.45, 2.75) is 20.8 Å². The van der Waals surface area contributed by atoms with E-state index in [-0.39, 0.29) is 17.9 Å². The van der Waals surface area contributed by atoms with E-state index in [1.807, 2.05) is 11.8 Å². The molecule has 0 bridgehead atoms. The second-order valence-electron chi connectivity index (χ2n) is 4.77. The fraction of sp³-hybridized carbons (Fsp3) is 0.500. The Morgan fingerprint density at radius 1 is 1.33 bits per heavy atom. The van der Waals surface area contributed by atoms with E-state index in [1.165, 1.54) is 0 Å². The minimum Gasteiger partial charge on any atom is -0.296 e. The molecule has 2 nitrogen and oxygen atoms in total. The molecule has 0 saturated carbocycles. The lowest BCUT2D eigenvalue weighted by Crippen LogP contribution is -2.33. The van der Waals surface area contributed by atoms with Gasteiger partial charge in [0.15, 0.2) is 5.78 Å². The summed E-state index contributed by atoms with van der Waals surface area (Å²) < 4.78 is 26.4. The number of ketones is 1. The maximum absolute atomic E-state index is 13.4. The topological polar surface area (TPSA) is 20.3 Å². The first-order chi connectivity index (χ1) is 8.43. The summed E-state index contributed by atoms with van der Waals surface area (Å²) in [6.07, 6.45) is 0. The number of carbonyl (C=O) groups is 1. The molecule has 1 aromatic carbocycles. The molecule has 1 aromatic rings. The Morgan fingerprint density at radius 2 is 2.00 bits per heavy atom. The van der Waals surface area contributed by atoms with Crippen LogP contribution in [0.4, 0.5) is 8.78 Å². The molecule has 0 heterocycles. The van der Waals surface area contributed by atoms with Crippen LogP contribution in [0.3, 0.4) is 0 Å². The minimum absolute atomic E-state index is 0.120. The normalized spacial score (nSPS) is 11.3. The molecule has 0 fully saturated rings. The lowest BCUT2D eigenvalue weighted by molar-refractivity contribution is 0.0922. The van der Waals surface area contributed by atoms with Crippen LogP contribution in [0.25, 0.3) is 0 Å². The monoisotopic (exact) mass is 255 g/mol. The van der Waals surface area contributed by atoms with Crippen molar-refractivity contribution in [1.29, 1.82) is 0 Å². The van der Waals surface area contributed by atoms with Crippen molar-refractivity contribution in [1.82, 2.24) is 4.90 Å². The van der Waals surface area contributed by atoms with E-state index in [4.69, 9.17) is 0 Å². The first-order valence-corrected chi connectivity index (χ1v) is 6.14. The number of carbonyl (C=O) groups excluding carboxylic acids is 1. The van der Waals surface area contributed by atoms with Gasteiger partial charge in [-0.3, -0.25) is 9.69 Å². The molecule has 0 amide bonds. The van der Waals surface area contributed by atoms with Gasteiger partial charge in [0.25, 0.3) is 0 Å². The molecule has 100 valence electrons. The van der Waals surface area contributed by atoms with E-state index in [9.17, 15) is 13.6 Å². The molecule has 0 atom stereocenters. The number of likely N-dealkylation sites (N-methyl/N-ethyl adjacent to an activating group) is 1. The first-order valence-electron chi connectivity index (χ1n) is 6.14.